The third-order valence-electron chi connectivity index (χ3n) is 2.50. The lowest BCUT2D eigenvalue weighted by Crippen LogP contribution is -2.14. The lowest BCUT2D eigenvalue weighted by atomic mass is 10.1. The van der Waals surface area contributed by atoms with Gasteiger partial charge in [0.05, 0.1) is 5.56 Å². The summed E-state index contributed by atoms with van der Waals surface area (Å²) >= 11 is 1.20. The molecule has 0 saturated heterocycles. The number of halogens is 3. The minimum Gasteiger partial charge on any atom is -0.298 e. The third kappa shape index (κ3) is 3.60. The minimum atomic E-state index is -4.33. The van der Waals surface area contributed by atoms with Crippen LogP contribution in [-0.4, -0.2) is 15.2 Å². The maximum atomic E-state index is 12.4. The predicted molar refractivity (Wildman–Crippen MR) is 68.4 cm³/mol. The zero-order valence-electron chi connectivity index (χ0n) is 10.4. The van der Waals surface area contributed by atoms with Crippen LogP contribution in [0.3, 0.4) is 0 Å². The second-order valence-corrected chi connectivity index (χ2v) is 4.99. The van der Waals surface area contributed by atoms with Crippen LogP contribution in [0.2, 0.25) is 0 Å². The summed E-state index contributed by atoms with van der Waals surface area (Å²) in [4.78, 5) is 13.8. The molecule has 4 nitrogen and oxygen atoms in total. The van der Waals surface area contributed by atoms with Crippen LogP contribution in [0.5, 0.6) is 0 Å². The molecular weight excluding hydrogens is 291 g/mol. The number of hydrogen-bond donors (Lipinski definition) is 1. The van der Waals surface area contributed by atoms with Crippen molar-refractivity contribution in [2.24, 2.45) is 0 Å². The number of hydrogen-bond acceptors (Lipinski definition) is 4. The van der Waals surface area contributed by atoms with Crippen molar-refractivity contribution in [1.82, 2.24) is 15.2 Å². The Hall–Kier alpha value is -1.83. The molecule has 8 heteroatoms. The van der Waals surface area contributed by atoms with E-state index < -0.39 is 11.7 Å². The molecule has 2 rings (SSSR count). The molecule has 0 fully saturated rings. The van der Waals surface area contributed by atoms with Gasteiger partial charge in [-0.15, -0.1) is 10.2 Å². The second-order valence-electron chi connectivity index (χ2n) is 4.03. The van der Waals surface area contributed by atoms with E-state index in [0.717, 1.165) is 12.1 Å². The van der Waals surface area contributed by atoms with Gasteiger partial charge in [-0.25, -0.2) is 0 Å². The summed E-state index contributed by atoms with van der Waals surface area (Å²) in [6, 6.07) is 4.85. The van der Waals surface area contributed by atoms with Crippen molar-refractivity contribution in [2.45, 2.75) is 24.0 Å². The number of alkyl halides is 3. The highest BCUT2D eigenvalue weighted by atomic mass is 32.2. The van der Waals surface area contributed by atoms with Crippen LogP contribution in [0.1, 0.15) is 16.8 Å². The van der Waals surface area contributed by atoms with Gasteiger partial charge in [0.25, 0.3) is 5.56 Å². The fraction of sp³-hybridized carbons (Fsp3) is 0.250. The fourth-order valence-electron chi connectivity index (χ4n) is 1.38. The number of thioether (sulfide) groups is 1. The van der Waals surface area contributed by atoms with Crippen LogP contribution < -0.4 is 5.56 Å². The number of aromatic nitrogens is 3. The van der Waals surface area contributed by atoms with Crippen molar-refractivity contribution in [3.8, 4) is 0 Å². The number of aromatic amines is 1. The Morgan fingerprint density at radius 1 is 1.20 bits per heavy atom. The summed E-state index contributed by atoms with van der Waals surface area (Å²) < 4.78 is 37.2. The van der Waals surface area contributed by atoms with E-state index in [1.54, 1.807) is 0 Å². The zero-order chi connectivity index (χ0) is 14.8. The molecule has 1 aromatic heterocycles. The number of nitrogens with zero attached hydrogens (tertiary/aromatic N) is 2. The van der Waals surface area contributed by atoms with Crippen LogP contribution in [0.15, 0.2) is 34.2 Å². The average molecular weight is 301 g/mol. The first-order chi connectivity index (χ1) is 9.36. The van der Waals surface area contributed by atoms with Crippen molar-refractivity contribution in [3.63, 3.8) is 0 Å². The first-order valence-corrected chi connectivity index (χ1v) is 6.57. The normalized spacial score (nSPS) is 11.6. The molecule has 0 bridgehead atoms. The number of H-pyrrole nitrogens is 1. The molecule has 1 aromatic carbocycles. The quantitative estimate of drug-likeness (QED) is 0.886. The van der Waals surface area contributed by atoms with Crippen LogP contribution in [-0.2, 0) is 11.9 Å². The Bertz CT molecular complexity index is 652. The molecular formula is C12H10F3N3OS. The molecule has 20 heavy (non-hydrogen) atoms. The molecule has 0 aliphatic rings. The van der Waals surface area contributed by atoms with Crippen molar-refractivity contribution >= 4 is 11.8 Å². The summed E-state index contributed by atoms with van der Waals surface area (Å²) in [5, 5.41) is 7.80. The molecule has 0 aliphatic carbocycles. The highest BCUT2D eigenvalue weighted by Crippen LogP contribution is 2.29. The molecule has 1 heterocycles. The van der Waals surface area contributed by atoms with Crippen LogP contribution in [0.4, 0.5) is 13.2 Å². The van der Waals surface area contributed by atoms with Gasteiger partial charge in [0.2, 0.25) is 0 Å². The van der Waals surface area contributed by atoms with Crippen molar-refractivity contribution in [2.75, 3.05) is 0 Å². The van der Waals surface area contributed by atoms with Gasteiger partial charge in [-0.2, -0.15) is 13.2 Å². The van der Waals surface area contributed by atoms with E-state index in [9.17, 15) is 18.0 Å². The monoisotopic (exact) mass is 301 g/mol. The van der Waals surface area contributed by atoms with Crippen molar-refractivity contribution in [3.05, 3.63) is 51.4 Å². The summed E-state index contributed by atoms with van der Waals surface area (Å²) in [6.07, 6.45) is -4.33. The smallest absolute Gasteiger partial charge is 0.298 e. The van der Waals surface area contributed by atoms with Gasteiger partial charge in [0.1, 0.15) is 5.69 Å². The molecule has 106 valence electrons. The molecule has 0 spiro atoms. The molecule has 0 radical (unpaired) electrons. The molecule has 0 saturated carbocycles. The number of nitrogens with one attached hydrogen (secondary N) is 1. The Kier molecular flexibility index (Phi) is 4.12. The Morgan fingerprint density at radius 2 is 1.85 bits per heavy atom. The first kappa shape index (κ1) is 14.6. The Labute approximate surface area is 116 Å². The van der Waals surface area contributed by atoms with Crippen LogP contribution in [0.25, 0.3) is 0 Å². The standard InChI is InChI=1S/C12H10F3N3OS/c1-7-10(19)16-11(18-17-7)20-6-8-2-4-9(5-3-8)12(13,14)15/h2-5H,6H2,1H3,(H,16,18,19). The molecule has 2 aromatic rings. The highest BCUT2D eigenvalue weighted by Gasteiger charge is 2.29. The van der Waals surface area contributed by atoms with E-state index in [0.29, 0.717) is 16.5 Å². The maximum Gasteiger partial charge on any atom is 0.416 e. The van der Waals surface area contributed by atoms with Crippen LogP contribution >= 0.6 is 11.8 Å². The average Bonchev–Trinajstić information content (AvgIpc) is 2.40. The topological polar surface area (TPSA) is 58.6 Å². The first-order valence-electron chi connectivity index (χ1n) is 5.59. The van der Waals surface area contributed by atoms with Gasteiger partial charge in [0.15, 0.2) is 5.16 Å². The van der Waals surface area contributed by atoms with Gasteiger partial charge < -0.3 is 0 Å². The van der Waals surface area contributed by atoms with Gasteiger partial charge in [-0.3, -0.25) is 9.78 Å². The SMILES string of the molecule is Cc1nnc(SCc2ccc(C(F)(F)F)cc2)[nH]c1=O. The third-order valence-corrected chi connectivity index (χ3v) is 3.43. The number of rotatable bonds is 3. The molecule has 0 aliphatic heterocycles. The zero-order valence-corrected chi connectivity index (χ0v) is 11.2. The lowest BCUT2D eigenvalue weighted by molar-refractivity contribution is -0.137. The van der Waals surface area contributed by atoms with E-state index in [2.05, 4.69) is 15.2 Å². The lowest BCUT2D eigenvalue weighted by Gasteiger charge is -2.07. The largest absolute Gasteiger partial charge is 0.416 e. The fourth-order valence-corrected chi connectivity index (χ4v) is 2.14. The highest BCUT2D eigenvalue weighted by molar-refractivity contribution is 7.98. The molecule has 1 N–H and O–H groups in total. The molecule has 0 amide bonds. The minimum absolute atomic E-state index is 0.267. The van der Waals surface area contributed by atoms with E-state index >= 15 is 0 Å². The van der Waals surface area contributed by atoms with E-state index in [4.69, 9.17) is 0 Å². The van der Waals surface area contributed by atoms with Gasteiger partial charge >= 0.3 is 6.18 Å². The summed E-state index contributed by atoms with van der Waals surface area (Å²) in [6.45, 7) is 1.54. The second kappa shape index (κ2) is 5.66. The van der Waals surface area contributed by atoms with E-state index in [1.807, 2.05) is 0 Å². The molecule has 0 unspecified atom stereocenters. The summed E-state index contributed by atoms with van der Waals surface area (Å²) in [5.41, 5.74) is -0.0418. The Balaban J connectivity index is 2.04. The van der Waals surface area contributed by atoms with Crippen LogP contribution in [0, 0.1) is 6.92 Å². The van der Waals surface area contributed by atoms with Crippen molar-refractivity contribution < 1.29 is 13.2 Å². The number of aryl methyl sites for hydroxylation is 1. The summed E-state index contributed by atoms with van der Waals surface area (Å²) in [7, 11) is 0. The van der Waals surface area contributed by atoms with Gasteiger partial charge in [0, 0.05) is 5.75 Å². The molecule has 0 atom stereocenters. The van der Waals surface area contributed by atoms with Gasteiger partial charge in [-0.05, 0) is 24.6 Å². The summed E-state index contributed by atoms with van der Waals surface area (Å²) in [5.74, 6) is 0.395. The predicted octanol–water partition coefficient (Wildman–Crippen LogP) is 2.78. The Morgan fingerprint density at radius 3 is 2.40 bits per heavy atom. The van der Waals surface area contributed by atoms with E-state index in [-0.39, 0.29) is 11.3 Å². The van der Waals surface area contributed by atoms with Crippen molar-refractivity contribution in [1.29, 1.82) is 0 Å². The number of benzene rings is 1. The van der Waals surface area contributed by atoms with E-state index in [1.165, 1.54) is 30.8 Å². The van der Waals surface area contributed by atoms with Gasteiger partial charge in [-0.1, -0.05) is 23.9 Å². The maximum absolute atomic E-state index is 12.4.